The molecule has 3 aromatic rings. The van der Waals surface area contributed by atoms with E-state index in [0.29, 0.717) is 16.9 Å². The van der Waals surface area contributed by atoms with Gasteiger partial charge in [-0.1, -0.05) is 61.7 Å². The standard InChI is InChI=1S/C45H63N11O17/c1-24(2)31(42(66)72-23-27-10-6-5-7-11-27)52-44(67)50-29(12-8-18-49-43(46)53-56(69)70)38(62)51-32(25(3)57)39(63)48-20-9-19-47-33(41(64)65)34(59)37-35(60)36(61)40(73-37)54-21-17-30(58)55(45(54)68)22-26-13-15-28(71-4)16-14-26/h5-7,10-11,13-17,21,24-25,29,31-37,40,47,57,59-61H,8-9,12,18-20,22-23H2,1-4H3,(H,48,63)(H,51,62)(H,64,65)(H3,46,49,53)(H2,50,52,67)/t25?,29-,31-,32-,33-,34+,35-,36+,37?,40+/m0/s1. The second-order valence-electron chi connectivity index (χ2n) is 17.1. The van der Waals surface area contributed by atoms with Crippen molar-refractivity contribution in [2.24, 2.45) is 16.6 Å². The number of nitrogens with two attached hydrogens (primary N) is 1. The molecule has 2 unspecified atom stereocenters. The summed E-state index contributed by atoms with van der Waals surface area (Å²) >= 11 is 0. The number of carboxylic acids is 1. The third kappa shape index (κ3) is 17.1. The molecule has 4 rings (SSSR count). The number of urea groups is 1. The molecule has 4 amide bonds. The maximum atomic E-state index is 13.7. The monoisotopic (exact) mass is 1030 g/mol. The number of carboxylic acid groups (broad SMARTS) is 1. The van der Waals surface area contributed by atoms with Crippen LogP contribution in [0.15, 0.2) is 81.4 Å². The fourth-order valence-electron chi connectivity index (χ4n) is 7.40. The summed E-state index contributed by atoms with van der Waals surface area (Å²) in [5.74, 6) is -4.70. The maximum absolute atomic E-state index is 13.7. The van der Waals surface area contributed by atoms with Crippen LogP contribution >= 0.6 is 0 Å². The molecule has 0 saturated carbocycles. The predicted octanol–water partition coefficient (Wildman–Crippen LogP) is -3.23. The molecule has 1 aliphatic heterocycles. The van der Waals surface area contributed by atoms with Crippen LogP contribution < -0.4 is 53.7 Å². The summed E-state index contributed by atoms with van der Waals surface area (Å²) in [6.07, 6.45) is -9.92. The molecule has 400 valence electrons. The minimum absolute atomic E-state index is 0.00514. The van der Waals surface area contributed by atoms with Gasteiger partial charge in [0.25, 0.3) is 11.5 Å². The predicted molar refractivity (Wildman–Crippen MR) is 256 cm³/mol. The Bertz CT molecular complexity index is 2490. The van der Waals surface area contributed by atoms with Crippen molar-refractivity contribution in [3.8, 4) is 5.75 Å². The van der Waals surface area contributed by atoms with Crippen molar-refractivity contribution in [1.29, 1.82) is 0 Å². The van der Waals surface area contributed by atoms with Crippen LogP contribution in [0, 0.1) is 16.0 Å². The number of aliphatic hydroxyl groups is 4. The first-order valence-electron chi connectivity index (χ1n) is 23.0. The smallest absolute Gasteiger partial charge is 0.333 e. The van der Waals surface area contributed by atoms with Gasteiger partial charge in [0.2, 0.25) is 11.8 Å². The SMILES string of the molecule is COc1ccc(Cn2c(=O)ccn([C@@H]3OC([C@H](O)[C@H](NCCCNC(=O)[C@@H](NC(=O)[C@H](CCCN=C(N)N[N+](=O)[O-])NC(=O)N[C@H](C(=O)OCc4ccccc4)C(C)C)C(C)O)C(=O)O)[C@@H](O)[C@H]3O)c2=O)cc1. The molecule has 2 aromatic carbocycles. The average molecular weight is 1030 g/mol. The number of esters is 1. The van der Waals surface area contributed by atoms with E-state index in [0.717, 1.165) is 21.4 Å². The van der Waals surface area contributed by atoms with Gasteiger partial charge in [0.1, 0.15) is 60.9 Å². The quantitative estimate of drug-likeness (QED) is 0.00892. The number of amides is 4. The highest BCUT2D eigenvalue weighted by atomic mass is 16.7. The third-order valence-electron chi connectivity index (χ3n) is 11.4. The summed E-state index contributed by atoms with van der Waals surface area (Å²) in [5.41, 5.74) is 6.76. The molecule has 10 atom stereocenters. The van der Waals surface area contributed by atoms with E-state index in [-0.39, 0.29) is 52.0 Å². The maximum Gasteiger partial charge on any atom is 0.333 e. The van der Waals surface area contributed by atoms with Gasteiger partial charge >= 0.3 is 23.7 Å². The number of aliphatic hydroxyl groups excluding tert-OH is 4. The lowest BCUT2D eigenvalue weighted by atomic mass is 9.99. The number of aliphatic carboxylic acids is 1. The van der Waals surface area contributed by atoms with Gasteiger partial charge in [0.05, 0.1) is 19.8 Å². The number of nitrogens with zero attached hydrogens (tertiary/aromatic N) is 4. The number of nitro groups is 1. The van der Waals surface area contributed by atoms with E-state index >= 15 is 0 Å². The van der Waals surface area contributed by atoms with Gasteiger partial charge in [-0.15, -0.1) is 0 Å². The molecule has 1 fully saturated rings. The van der Waals surface area contributed by atoms with Crippen LogP contribution in [0.5, 0.6) is 5.75 Å². The van der Waals surface area contributed by atoms with E-state index in [1.54, 1.807) is 73.9 Å². The van der Waals surface area contributed by atoms with E-state index in [1.165, 1.54) is 14.0 Å². The Morgan fingerprint density at radius 1 is 0.877 bits per heavy atom. The second kappa shape index (κ2) is 27.9. The zero-order valence-corrected chi connectivity index (χ0v) is 40.4. The van der Waals surface area contributed by atoms with Crippen molar-refractivity contribution in [2.75, 3.05) is 26.7 Å². The summed E-state index contributed by atoms with van der Waals surface area (Å²) in [7, 11) is 1.47. The third-order valence-corrected chi connectivity index (χ3v) is 11.4. The molecule has 73 heavy (non-hydrogen) atoms. The number of benzene rings is 2. The Kier molecular flexibility index (Phi) is 22.2. The normalized spacial score (nSPS) is 19.1. The Morgan fingerprint density at radius 3 is 2.18 bits per heavy atom. The van der Waals surface area contributed by atoms with Crippen molar-refractivity contribution >= 4 is 35.7 Å². The number of ether oxygens (including phenoxy) is 3. The summed E-state index contributed by atoms with van der Waals surface area (Å²) in [6.45, 7) is 3.69. The lowest BCUT2D eigenvalue weighted by Gasteiger charge is -2.27. The second-order valence-corrected chi connectivity index (χ2v) is 17.1. The van der Waals surface area contributed by atoms with E-state index in [4.69, 9.17) is 19.9 Å². The summed E-state index contributed by atoms with van der Waals surface area (Å²) in [6, 6.07) is 9.28. The van der Waals surface area contributed by atoms with Crippen molar-refractivity contribution in [2.45, 2.75) is 114 Å². The van der Waals surface area contributed by atoms with Gasteiger partial charge in [-0.2, -0.15) is 0 Å². The first kappa shape index (κ1) is 58.1. The number of rotatable bonds is 27. The van der Waals surface area contributed by atoms with Gasteiger partial charge in [0.15, 0.2) is 11.3 Å². The molecule has 13 N–H and O–H groups in total. The molecule has 0 aliphatic carbocycles. The summed E-state index contributed by atoms with van der Waals surface area (Å²) in [4.78, 5) is 106. The van der Waals surface area contributed by atoms with Gasteiger partial charge in [0, 0.05) is 25.4 Å². The van der Waals surface area contributed by atoms with E-state index in [1.807, 2.05) is 0 Å². The van der Waals surface area contributed by atoms with Crippen LogP contribution in [0.25, 0.3) is 0 Å². The molecule has 28 nitrogen and oxygen atoms in total. The number of hydrogen-bond acceptors (Lipinski definition) is 18. The van der Waals surface area contributed by atoms with Crippen LogP contribution in [0.4, 0.5) is 4.79 Å². The summed E-state index contributed by atoms with van der Waals surface area (Å²) in [5, 5.41) is 75.7. The fourth-order valence-corrected chi connectivity index (χ4v) is 7.40. The topological polar surface area (TPSA) is 412 Å². The first-order valence-corrected chi connectivity index (χ1v) is 23.0. The molecule has 28 heteroatoms. The largest absolute Gasteiger partial charge is 0.497 e. The van der Waals surface area contributed by atoms with Crippen LogP contribution in [-0.4, -0.2) is 157 Å². The first-order chi connectivity index (χ1) is 34.6. The van der Waals surface area contributed by atoms with E-state index in [2.05, 4.69) is 31.6 Å². The minimum Gasteiger partial charge on any atom is -0.497 e. The van der Waals surface area contributed by atoms with E-state index in [9.17, 15) is 69.2 Å². The Balaban J connectivity index is 1.36. The highest BCUT2D eigenvalue weighted by Crippen LogP contribution is 2.31. The van der Waals surface area contributed by atoms with Crippen molar-refractivity contribution < 1.29 is 68.7 Å². The number of hydrogen-bond donors (Lipinski definition) is 12. The number of guanidine groups is 1. The van der Waals surface area contributed by atoms with Gasteiger partial charge in [-0.25, -0.2) is 29.5 Å². The molecule has 0 spiro atoms. The van der Waals surface area contributed by atoms with Crippen LogP contribution in [0.3, 0.4) is 0 Å². The number of aromatic nitrogens is 2. The molecular formula is C45H63N11O17. The molecule has 1 aliphatic rings. The van der Waals surface area contributed by atoms with Crippen LogP contribution in [0.2, 0.25) is 0 Å². The lowest BCUT2D eigenvalue weighted by Crippen LogP contribution is -2.59. The van der Waals surface area contributed by atoms with E-state index < -0.39 is 119 Å². The molecule has 1 aromatic heterocycles. The van der Waals surface area contributed by atoms with Gasteiger partial charge < -0.3 is 72.1 Å². The Morgan fingerprint density at radius 2 is 1.56 bits per heavy atom. The number of nitrogens with one attached hydrogen (secondary N) is 6. The summed E-state index contributed by atoms with van der Waals surface area (Å²) < 4.78 is 17.9. The Hall–Kier alpha value is -7.50. The lowest BCUT2D eigenvalue weighted by molar-refractivity contribution is -0.525. The molecular weight excluding hydrogens is 967 g/mol. The fraction of sp³-hybridized carbons (Fsp3) is 0.511. The number of carbonyl (C=O) groups excluding carboxylic acids is 4. The molecule has 0 bridgehead atoms. The molecule has 0 radical (unpaired) electrons. The number of methoxy groups -OCH3 is 1. The molecule has 1 saturated heterocycles. The van der Waals surface area contributed by atoms with Gasteiger partial charge in [-0.3, -0.25) is 28.3 Å². The zero-order chi connectivity index (χ0) is 53.9. The minimum atomic E-state index is -2.03. The zero-order valence-electron chi connectivity index (χ0n) is 40.4. The number of hydrazine groups is 1. The number of carbonyl (C=O) groups is 5. The van der Waals surface area contributed by atoms with Crippen LogP contribution in [0.1, 0.15) is 57.4 Å². The van der Waals surface area contributed by atoms with Crippen molar-refractivity contribution in [3.63, 3.8) is 0 Å². The average Bonchev–Trinajstić information content (AvgIpc) is 3.64. The van der Waals surface area contributed by atoms with Crippen molar-refractivity contribution in [3.05, 3.63) is 109 Å². The highest BCUT2D eigenvalue weighted by molar-refractivity contribution is 5.93. The molecule has 2 heterocycles. The van der Waals surface area contributed by atoms with Crippen molar-refractivity contribution in [1.82, 2.24) is 41.1 Å². The highest BCUT2D eigenvalue weighted by Gasteiger charge is 2.50. The van der Waals surface area contributed by atoms with Gasteiger partial charge in [-0.05, 0) is 61.9 Å². The van der Waals surface area contributed by atoms with Crippen LogP contribution in [-0.2, 0) is 41.8 Å². The Labute approximate surface area is 417 Å². The number of aliphatic imine (C=N–C) groups is 1.